The minimum atomic E-state index is 0.193. The van der Waals surface area contributed by atoms with Crippen LogP contribution in [0.1, 0.15) is 10.4 Å². The molecule has 0 atom stereocenters. The third-order valence-electron chi connectivity index (χ3n) is 1.42. The SMILES string of the molecule is COCOc1cc(C=O)ccc1I. The minimum absolute atomic E-state index is 0.193. The number of hydrogen-bond donors (Lipinski definition) is 0. The number of ether oxygens (including phenoxy) is 2. The summed E-state index contributed by atoms with van der Waals surface area (Å²) in [7, 11) is 1.55. The molecular weight excluding hydrogens is 283 g/mol. The van der Waals surface area contributed by atoms with E-state index in [2.05, 4.69) is 22.6 Å². The van der Waals surface area contributed by atoms with Crippen molar-refractivity contribution in [1.29, 1.82) is 0 Å². The number of rotatable bonds is 4. The molecule has 70 valence electrons. The standard InChI is InChI=1S/C9H9IO3/c1-12-6-13-9-4-7(5-11)2-3-8(9)10/h2-5H,6H2,1H3. The first-order chi connectivity index (χ1) is 6.27. The van der Waals surface area contributed by atoms with Gasteiger partial charge in [-0.05, 0) is 34.7 Å². The molecular formula is C9H9IO3. The number of carbonyl (C=O) groups excluding carboxylic acids is 1. The van der Waals surface area contributed by atoms with E-state index in [9.17, 15) is 4.79 Å². The van der Waals surface area contributed by atoms with Crippen LogP contribution in [0, 0.1) is 3.57 Å². The second-order valence-electron chi connectivity index (χ2n) is 2.36. The molecule has 0 spiro atoms. The summed E-state index contributed by atoms with van der Waals surface area (Å²) in [4.78, 5) is 10.5. The first kappa shape index (κ1) is 10.5. The maximum Gasteiger partial charge on any atom is 0.188 e. The fraction of sp³-hybridized carbons (Fsp3) is 0.222. The van der Waals surface area contributed by atoms with Crippen LogP contribution in [-0.4, -0.2) is 20.2 Å². The quantitative estimate of drug-likeness (QED) is 0.484. The Morgan fingerprint density at radius 3 is 2.92 bits per heavy atom. The van der Waals surface area contributed by atoms with Gasteiger partial charge in [0.05, 0.1) is 3.57 Å². The highest BCUT2D eigenvalue weighted by atomic mass is 127. The Morgan fingerprint density at radius 2 is 2.31 bits per heavy atom. The Bertz CT molecular complexity index is 299. The topological polar surface area (TPSA) is 35.5 Å². The van der Waals surface area contributed by atoms with Gasteiger partial charge in [0, 0.05) is 12.7 Å². The van der Waals surface area contributed by atoms with Gasteiger partial charge in [0.1, 0.15) is 12.0 Å². The van der Waals surface area contributed by atoms with Gasteiger partial charge in [0.25, 0.3) is 0 Å². The van der Waals surface area contributed by atoms with E-state index in [0.717, 1.165) is 9.86 Å². The van der Waals surface area contributed by atoms with Crippen LogP contribution in [0.5, 0.6) is 5.75 Å². The highest BCUT2D eigenvalue weighted by Crippen LogP contribution is 2.21. The molecule has 1 rings (SSSR count). The van der Waals surface area contributed by atoms with Gasteiger partial charge in [0.2, 0.25) is 0 Å². The fourth-order valence-electron chi connectivity index (χ4n) is 0.826. The summed E-state index contributed by atoms with van der Waals surface area (Å²) in [5.74, 6) is 0.673. The Balaban J connectivity index is 2.83. The number of hydrogen-bond acceptors (Lipinski definition) is 3. The van der Waals surface area contributed by atoms with E-state index < -0.39 is 0 Å². The van der Waals surface area contributed by atoms with Crippen LogP contribution in [0.15, 0.2) is 18.2 Å². The molecule has 0 bridgehead atoms. The molecule has 4 heteroatoms. The Morgan fingerprint density at radius 1 is 1.54 bits per heavy atom. The molecule has 1 aromatic carbocycles. The van der Waals surface area contributed by atoms with Crippen molar-refractivity contribution in [3.63, 3.8) is 0 Å². The summed E-state index contributed by atoms with van der Waals surface area (Å²) in [5.41, 5.74) is 0.603. The van der Waals surface area contributed by atoms with Crippen molar-refractivity contribution in [1.82, 2.24) is 0 Å². The van der Waals surface area contributed by atoms with Crippen LogP contribution < -0.4 is 4.74 Å². The largest absolute Gasteiger partial charge is 0.466 e. The summed E-state index contributed by atoms with van der Waals surface area (Å²) in [6.45, 7) is 0.193. The van der Waals surface area contributed by atoms with E-state index in [1.54, 1.807) is 19.2 Å². The summed E-state index contributed by atoms with van der Waals surface area (Å²) in [6, 6.07) is 5.26. The van der Waals surface area contributed by atoms with Gasteiger partial charge in [-0.1, -0.05) is 6.07 Å². The normalized spacial score (nSPS) is 9.69. The summed E-state index contributed by atoms with van der Waals surface area (Å²) in [6.07, 6.45) is 0.787. The summed E-state index contributed by atoms with van der Waals surface area (Å²) in [5, 5.41) is 0. The van der Waals surface area contributed by atoms with E-state index >= 15 is 0 Å². The van der Waals surface area contributed by atoms with E-state index in [-0.39, 0.29) is 6.79 Å². The second kappa shape index (κ2) is 5.18. The second-order valence-corrected chi connectivity index (χ2v) is 3.52. The average Bonchev–Trinajstić information content (AvgIpc) is 2.17. The van der Waals surface area contributed by atoms with Gasteiger partial charge in [0.15, 0.2) is 6.79 Å². The van der Waals surface area contributed by atoms with Gasteiger partial charge < -0.3 is 9.47 Å². The molecule has 0 unspecified atom stereocenters. The zero-order valence-electron chi connectivity index (χ0n) is 7.12. The van der Waals surface area contributed by atoms with Gasteiger partial charge in [-0.3, -0.25) is 4.79 Å². The molecule has 13 heavy (non-hydrogen) atoms. The number of aldehydes is 1. The van der Waals surface area contributed by atoms with Crippen LogP contribution in [0.4, 0.5) is 0 Å². The van der Waals surface area contributed by atoms with Crippen molar-refractivity contribution in [2.75, 3.05) is 13.9 Å². The predicted octanol–water partition coefficient (Wildman–Crippen LogP) is 2.09. The van der Waals surface area contributed by atoms with Crippen LogP contribution in [0.2, 0.25) is 0 Å². The third kappa shape index (κ3) is 2.96. The van der Waals surface area contributed by atoms with Crippen LogP contribution in [0.3, 0.4) is 0 Å². The Labute approximate surface area is 90.2 Å². The molecule has 0 aliphatic carbocycles. The van der Waals surface area contributed by atoms with Crippen molar-refractivity contribution in [2.45, 2.75) is 0 Å². The fourth-order valence-corrected chi connectivity index (χ4v) is 1.32. The molecule has 0 fully saturated rings. The van der Waals surface area contributed by atoms with Crippen molar-refractivity contribution in [2.24, 2.45) is 0 Å². The number of carbonyl (C=O) groups is 1. The van der Waals surface area contributed by atoms with Gasteiger partial charge in [-0.25, -0.2) is 0 Å². The Kier molecular flexibility index (Phi) is 4.17. The van der Waals surface area contributed by atoms with Crippen LogP contribution in [-0.2, 0) is 4.74 Å². The molecule has 0 N–H and O–H groups in total. The van der Waals surface area contributed by atoms with Crippen molar-refractivity contribution in [3.8, 4) is 5.75 Å². The van der Waals surface area contributed by atoms with E-state index in [4.69, 9.17) is 9.47 Å². The minimum Gasteiger partial charge on any atom is -0.466 e. The zero-order chi connectivity index (χ0) is 9.68. The first-order valence-corrected chi connectivity index (χ1v) is 4.72. The van der Waals surface area contributed by atoms with Crippen molar-refractivity contribution < 1.29 is 14.3 Å². The van der Waals surface area contributed by atoms with Crippen molar-refractivity contribution in [3.05, 3.63) is 27.3 Å². The van der Waals surface area contributed by atoms with E-state index in [1.807, 2.05) is 6.07 Å². The molecule has 0 aliphatic heterocycles. The molecule has 1 aromatic rings. The van der Waals surface area contributed by atoms with Gasteiger partial charge in [-0.2, -0.15) is 0 Å². The lowest BCUT2D eigenvalue weighted by molar-refractivity contribution is 0.0504. The molecule has 0 amide bonds. The lowest BCUT2D eigenvalue weighted by Crippen LogP contribution is -2.00. The predicted molar refractivity (Wildman–Crippen MR) is 57.1 cm³/mol. The maximum absolute atomic E-state index is 10.5. The number of halogens is 1. The highest BCUT2D eigenvalue weighted by molar-refractivity contribution is 14.1. The molecule has 0 radical (unpaired) electrons. The lowest BCUT2D eigenvalue weighted by atomic mass is 10.2. The molecule has 0 heterocycles. The molecule has 0 aliphatic rings. The average molecular weight is 292 g/mol. The van der Waals surface area contributed by atoms with E-state index in [1.165, 1.54) is 0 Å². The zero-order valence-corrected chi connectivity index (χ0v) is 9.28. The maximum atomic E-state index is 10.5. The van der Waals surface area contributed by atoms with E-state index in [0.29, 0.717) is 11.3 Å². The molecule has 0 saturated carbocycles. The summed E-state index contributed by atoms with van der Waals surface area (Å²) < 4.78 is 11.0. The molecule has 3 nitrogen and oxygen atoms in total. The van der Waals surface area contributed by atoms with Crippen LogP contribution >= 0.6 is 22.6 Å². The van der Waals surface area contributed by atoms with Crippen LogP contribution in [0.25, 0.3) is 0 Å². The number of methoxy groups -OCH3 is 1. The summed E-state index contributed by atoms with van der Waals surface area (Å²) >= 11 is 2.14. The molecule has 0 aromatic heterocycles. The Hall–Kier alpha value is -0.620. The highest BCUT2D eigenvalue weighted by Gasteiger charge is 2.01. The van der Waals surface area contributed by atoms with Gasteiger partial charge in [-0.15, -0.1) is 0 Å². The van der Waals surface area contributed by atoms with Crippen molar-refractivity contribution >= 4 is 28.9 Å². The van der Waals surface area contributed by atoms with Gasteiger partial charge >= 0.3 is 0 Å². The monoisotopic (exact) mass is 292 g/mol. The third-order valence-corrected chi connectivity index (χ3v) is 2.31. The molecule has 0 saturated heterocycles. The number of benzene rings is 1. The smallest absolute Gasteiger partial charge is 0.188 e. The lowest BCUT2D eigenvalue weighted by Gasteiger charge is -2.06. The first-order valence-electron chi connectivity index (χ1n) is 3.64.